The van der Waals surface area contributed by atoms with Crippen LogP contribution in [-0.4, -0.2) is 28.8 Å². The predicted octanol–water partition coefficient (Wildman–Crippen LogP) is 10.6. The largest absolute Gasteiger partial charge is 0.456 e. The Morgan fingerprint density at radius 3 is 1.71 bits per heavy atom. The number of hydrogen-bond acceptors (Lipinski definition) is 5. The van der Waals surface area contributed by atoms with Gasteiger partial charge in [0.2, 0.25) is 6.10 Å². The first-order valence-electron chi connectivity index (χ1n) is 16.6. The van der Waals surface area contributed by atoms with Gasteiger partial charge in [0, 0.05) is 12.5 Å². The number of allylic oxidation sites excluding steroid dienone is 10. The first-order chi connectivity index (χ1) is 21.2. The molecule has 0 radical (unpaired) electrons. The molecule has 0 amide bonds. The Morgan fingerprint density at radius 1 is 0.689 bits per heavy atom. The Labute approximate surface area is 274 Å². The van der Waals surface area contributed by atoms with Crippen LogP contribution >= 0.6 is 0 Å². The fourth-order valence-corrected chi connectivity index (χ4v) is 5.02. The van der Waals surface area contributed by atoms with Gasteiger partial charge in [-0.3, -0.25) is 4.79 Å². The summed E-state index contributed by atoms with van der Waals surface area (Å²) in [5, 5.41) is 11.5. The highest BCUT2D eigenvalue weighted by molar-refractivity contribution is 5.80. The van der Waals surface area contributed by atoms with E-state index in [-0.39, 0.29) is 0 Å². The molecule has 0 bridgehead atoms. The maximum atomic E-state index is 13.4. The number of unbranched alkanes of at least 4 members (excludes halogenated alkanes) is 1. The standard InChI is InChI=1S/C40H60O5/c1-30(2)18-15-22-33(6)24-16-23-32(5)20-13-14-21-34(7)27-28-37(40(9,43)29-17-19-31(3)4)45-39(42)38(44-35(8)41)36-25-11-10-12-26-36/h10-12,18-21,24-26,37-38,43H,13-17,22-23,27-29H2,1-9H3/b32-20+,33-24+,34-21+/t37-,38-,40+/m0/s1. The zero-order chi connectivity index (χ0) is 33.8. The molecular weight excluding hydrogens is 560 g/mol. The lowest BCUT2D eigenvalue weighted by Crippen LogP contribution is -2.43. The summed E-state index contributed by atoms with van der Waals surface area (Å²) in [4.78, 5) is 25.2. The van der Waals surface area contributed by atoms with Crippen LogP contribution in [0.2, 0.25) is 0 Å². The highest BCUT2D eigenvalue weighted by atomic mass is 16.6. The Balaban J connectivity index is 2.83. The number of carbonyl (C=O) groups excluding carboxylic acids is 2. The number of carbonyl (C=O) groups is 2. The van der Waals surface area contributed by atoms with E-state index in [4.69, 9.17) is 9.47 Å². The molecule has 1 aromatic rings. The van der Waals surface area contributed by atoms with Crippen LogP contribution in [-0.2, 0) is 19.1 Å². The summed E-state index contributed by atoms with van der Waals surface area (Å²) in [6, 6.07) is 8.85. The Bertz CT molecular complexity index is 1190. The zero-order valence-electron chi connectivity index (χ0n) is 29.6. The van der Waals surface area contributed by atoms with Gasteiger partial charge in [0.15, 0.2) is 0 Å². The van der Waals surface area contributed by atoms with E-state index in [9.17, 15) is 14.7 Å². The van der Waals surface area contributed by atoms with Gasteiger partial charge in [0.1, 0.15) is 6.10 Å². The molecule has 0 aromatic heterocycles. The van der Waals surface area contributed by atoms with Crippen molar-refractivity contribution in [2.24, 2.45) is 0 Å². The molecule has 1 aromatic carbocycles. The van der Waals surface area contributed by atoms with Crippen LogP contribution in [0, 0.1) is 0 Å². The molecule has 3 atom stereocenters. The van der Waals surface area contributed by atoms with Crippen molar-refractivity contribution in [3.05, 3.63) is 94.1 Å². The van der Waals surface area contributed by atoms with Crippen molar-refractivity contribution in [1.29, 1.82) is 0 Å². The molecule has 1 N–H and O–H groups in total. The fraction of sp³-hybridized carbons (Fsp3) is 0.550. The summed E-state index contributed by atoms with van der Waals surface area (Å²) in [6.45, 7) is 17.8. The molecular formula is C40H60O5. The van der Waals surface area contributed by atoms with Crippen LogP contribution in [0.1, 0.15) is 138 Å². The summed E-state index contributed by atoms with van der Waals surface area (Å²) in [7, 11) is 0. The van der Waals surface area contributed by atoms with Gasteiger partial charge in [0.25, 0.3) is 0 Å². The molecule has 0 aliphatic carbocycles. The number of aliphatic hydroxyl groups is 1. The van der Waals surface area contributed by atoms with Crippen LogP contribution in [0.4, 0.5) is 0 Å². The molecule has 0 saturated heterocycles. The minimum Gasteiger partial charge on any atom is -0.456 e. The van der Waals surface area contributed by atoms with Crippen molar-refractivity contribution in [2.45, 2.75) is 144 Å². The molecule has 0 fully saturated rings. The minimum absolute atomic E-state index is 0.441. The lowest BCUT2D eigenvalue weighted by atomic mass is 9.88. The van der Waals surface area contributed by atoms with Gasteiger partial charge in [-0.25, -0.2) is 4.79 Å². The second kappa shape index (κ2) is 21.5. The third-order valence-electron chi connectivity index (χ3n) is 7.83. The van der Waals surface area contributed by atoms with E-state index in [1.807, 2.05) is 19.9 Å². The highest BCUT2D eigenvalue weighted by Gasteiger charge is 2.37. The molecule has 0 unspecified atom stereocenters. The lowest BCUT2D eigenvalue weighted by molar-refractivity contribution is -0.182. The molecule has 5 nitrogen and oxygen atoms in total. The second-order valence-electron chi connectivity index (χ2n) is 13.1. The third-order valence-corrected chi connectivity index (χ3v) is 7.83. The van der Waals surface area contributed by atoms with Crippen LogP contribution < -0.4 is 0 Å². The van der Waals surface area contributed by atoms with Crippen molar-refractivity contribution in [3.8, 4) is 0 Å². The maximum Gasteiger partial charge on any atom is 0.352 e. The number of rotatable bonds is 20. The molecule has 250 valence electrons. The van der Waals surface area contributed by atoms with Gasteiger partial charge in [-0.2, -0.15) is 0 Å². The van der Waals surface area contributed by atoms with E-state index in [0.717, 1.165) is 38.5 Å². The van der Waals surface area contributed by atoms with Crippen LogP contribution in [0.15, 0.2) is 88.6 Å². The van der Waals surface area contributed by atoms with Gasteiger partial charge >= 0.3 is 11.9 Å². The number of benzene rings is 1. The summed E-state index contributed by atoms with van der Waals surface area (Å²) in [5.41, 5.74) is 5.89. The van der Waals surface area contributed by atoms with E-state index >= 15 is 0 Å². The fourth-order valence-electron chi connectivity index (χ4n) is 5.02. The summed E-state index contributed by atoms with van der Waals surface area (Å²) >= 11 is 0. The normalized spacial score (nSPS) is 15.0. The molecule has 0 spiro atoms. The SMILES string of the molecule is CC(=O)O[C@H](C(=O)O[C@@H](CC/C(C)=C/CC/C=C(\C)CC/C=C(\C)CCC=C(C)C)[C@](C)(O)CCC=C(C)C)c1ccccc1. The van der Waals surface area contributed by atoms with E-state index in [1.54, 1.807) is 31.2 Å². The Morgan fingerprint density at radius 2 is 1.18 bits per heavy atom. The Hall–Kier alpha value is -3.18. The van der Waals surface area contributed by atoms with E-state index in [2.05, 4.69) is 65.0 Å². The van der Waals surface area contributed by atoms with Crippen LogP contribution in [0.25, 0.3) is 0 Å². The van der Waals surface area contributed by atoms with Crippen molar-refractivity contribution < 1.29 is 24.2 Å². The predicted molar refractivity (Wildman–Crippen MR) is 188 cm³/mol. The minimum atomic E-state index is -1.25. The molecule has 0 aliphatic rings. The van der Waals surface area contributed by atoms with Crippen molar-refractivity contribution in [2.75, 3.05) is 0 Å². The monoisotopic (exact) mass is 620 g/mol. The number of ether oxygens (including phenoxy) is 2. The van der Waals surface area contributed by atoms with Crippen LogP contribution in [0.5, 0.6) is 0 Å². The highest BCUT2D eigenvalue weighted by Crippen LogP contribution is 2.29. The molecule has 0 saturated carbocycles. The first kappa shape index (κ1) is 39.8. The zero-order valence-corrected chi connectivity index (χ0v) is 29.6. The van der Waals surface area contributed by atoms with E-state index in [1.165, 1.54) is 34.8 Å². The average Bonchev–Trinajstić information content (AvgIpc) is 2.95. The second-order valence-corrected chi connectivity index (χ2v) is 13.1. The lowest BCUT2D eigenvalue weighted by Gasteiger charge is -2.33. The molecule has 45 heavy (non-hydrogen) atoms. The smallest absolute Gasteiger partial charge is 0.352 e. The average molecular weight is 621 g/mol. The van der Waals surface area contributed by atoms with Crippen molar-refractivity contribution in [3.63, 3.8) is 0 Å². The number of esters is 2. The summed E-state index contributed by atoms with van der Waals surface area (Å²) in [5.74, 6) is -1.25. The third kappa shape index (κ3) is 18.4. The molecule has 1 rings (SSSR count). The van der Waals surface area contributed by atoms with Gasteiger partial charge in [0.05, 0.1) is 5.60 Å². The summed E-state index contributed by atoms with van der Waals surface area (Å²) < 4.78 is 11.3. The first-order valence-corrected chi connectivity index (χ1v) is 16.6. The number of hydrogen-bond donors (Lipinski definition) is 1. The van der Waals surface area contributed by atoms with Crippen molar-refractivity contribution in [1.82, 2.24) is 0 Å². The topological polar surface area (TPSA) is 72.8 Å². The van der Waals surface area contributed by atoms with E-state index < -0.39 is 29.7 Å². The Kier molecular flexibility index (Phi) is 19.1. The van der Waals surface area contributed by atoms with Gasteiger partial charge in [-0.05, 0) is 120 Å². The van der Waals surface area contributed by atoms with Crippen LogP contribution in [0.3, 0.4) is 0 Å². The molecule has 0 aliphatic heterocycles. The quantitative estimate of drug-likeness (QED) is 0.0892. The van der Waals surface area contributed by atoms with Gasteiger partial charge in [-0.1, -0.05) is 88.6 Å². The molecule has 0 heterocycles. The summed E-state index contributed by atoms with van der Waals surface area (Å²) in [6.07, 6.45) is 17.9. The van der Waals surface area contributed by atoms with Gasteiger partial charge in [-0.15, -0.1) is 0 Å². The van der Waals surface area contributed by atoms with Crippen molar-refractivity contribution >= 4 is 11.9 Å². The van der Waals surface area contributed by atoms with E-state index in [0.29, 0.717) is 31.2 Å². The molecule has 5 heteroatoms. The van der Waals surface area contributed by atoms with Gasteiger partial charge < -0.3 is 14.6 Å². The maximum absolute atomic E-state index is 13.4.